The maximum absolute atomic E-state index is 2.24. The monoisotopic (exact) mass is 298 g/mol. The van der Waals surface area contributed by atoms with E-state index in [9.17, 15) is 0 Å². The Morgan fingerprint density at radius 1 is 0.522 bits per heavy atom. The molecule has 0 unspecified atom stereocenters. The molecule has 23 heavy (non-hydrogen) atoms. The second-order valence-corrected chi connectivity index (χ2v) is 5.96. The van der Waals surface area contributed by atoms with Crippen LogP contribution in [0.25, 0.3) is 32.7 Å². The zero-order valence-corrected chi connectivity index (χ0v) is 12.9. The third kappa shape index (κ3) is 2.41. The fourth-order valence-corrected chi connectivity index (χ4v) is 3.38. The number of rotatable bonds is 1. The molecule has 0 saturated heterocycles. The molecular formula is C23H22. The average Bonchev–Trinajstić information content (AvgIpc) is 2.57. The van der Waals surface area contributed by atoms with Crippen molar-refractivity contribution in [1.82, 2.24) is 0 Å². The molecule has 0 fully saturated rings. The molecule has 0 aromatic heterocycles. The normalized spacial score (nSPS) is 10.7. The lowest BCUT2D eigenvalue weighted by Gasteiger charge is -2.15. The summed E-state index contributed by atoms with van der Waals surface area (Å²) >= 11 is 0. The highest BCUT2D eigenvalue weighted by Gasteiger charge is 2.12. The van der Waals surface area contributed by atoms with Crippen molar-refractivity contribution in [3.8, 4) is 11.1 Å². The second kappa shape index (κ2) is 5.89. The van der Waals surface area contributed by atoms with Crippen LogP contribution in [0.1, 0.15) is 18.6 Å². The summed E-state index contributed by atoms with van der Waals surface area (Å²) in [4.78, 5) is 0. The van der Waals surface area contributed by atoms with Gasteiger partial charge in [-0.2, -0.15) is 0 Å². The Bertz CT molecular complexity index is 919. The largest absolute Gasteiger partial charge is 0.0776 e. The molecule has 4 rings (SSSR count). The summed E-state index contributed by atoms with van der Waals surface area (Å²) in [6.07, 6.45) is 0. The Labute approximate surface area is 138 Å². The third-order valence-electron chi connectivity index (χ3n) is 4.54. The Balaban J connectivity index is 0.00000156. The summed E-state index contributed by atoms with van der Waals surface area (Å²) in [6, 6.07) is 26.3. The first-order chi connectivity index (χ1) is 10.8. The molecule has 0 bridgehead atoms. The van der Waals surface area contributed by atoms with E-state index in [1.807, 2.05) is 0 Å². The summed E-state index contributed by atoms with van der Waals surface area (Å²) in [5.41, 5.74) is 5.29. The van der Waals surface area contributed by atoms with E-state index in [4.69, 9.17) is 0 Å². The highest BCUT2D eigenvalue weighted by Crippen LogP contribution is 2.38. The second-order valence-electron chi connectivity index (χ2n) is 5.96. The van der Waals surface area contributed by atoms with Gasteiger partial charge in [0.05, 0.1) is 0 Å². The lowest BCUT2D eigenvalue weighted by molar-refractivity contribution is 1.47. The molecule has 0 spiro atoms. The van der Waals surface area contributed by atoms with Gasteiger partial charge in [-0.1, -0.05) is 85.8 Å². The molecule has 0 saturated carbocycles. The highest BCUT2D eigenvalue weighted by atomic mass is 14.2. The minimum atomic E-state index is 0. The molecule has 0 aliphatic carbocycles. The SMILES string of the molecule is C.Cc1ccc(-c2c3ccccc3c(C)c3ccccc23)cc1. The minimum Gasteiger partial charge on any atom is -0.0776 e. The van der Waals surface area contributed by atoms with Gasteiger partial charge in [-0.15, -0.1) is 0 Å². The van der Waals surface area contributed by atoms with Crippen molar-refractivity contribution in [3.63, 3.8) is 0 Å². The highest BCUT2D eigenvalue weighted by molar-refractivity contribution is 6.14. The van der Waals surface area contributed by atoms with Crippen molar-refractivity contribution in [2.75, 3.05) is 0 Å². The van der Waals surface area contributed by atoms with Crippen LogP contribution in [0.5, 0.6) is 0 Å². The van der Waals surface area contributed by atoms with Crippen LogP contribution in [-0.2, 0) is 0 Å². The Morgan fingerprint density at radius 3 is 1.43 bits per heavy atom. The van der Waals surface area contributed by atoms with E-state index >= 15 is 0 Å². The zero-order valence-electron chi connectivity index (χ0n) is 12.9. The number of fused-ring (bicyclic) bond motifs is 2. The Kier molecular flexibility index (Phi) is 3.92. The lowest BCUT2D eigenvalue weighted by Crippen LogP contribution is -1.89. The van der Waals surface area contributed by atoms with Crippen LogP contribution >= 0.6 is 0 Å². The van der Waals surface area contributed by atoms with Crippen LogP contribution in [0.15, 0.2) is 72.8 Å². The van der Waals surface area contributed by atoms with E-state index < -0.39 is 0 Å². The van der Waals surface area contributed by atoms with Gasteiger partial charge in [0.2, 0.25) is 0 Å². The van der Waals surface area contributed by atoms with Gasteiger partial charge in [0.15, 0.2) is 0 Å². The lowest BCUT2D eigenvalue weighted by atomic mass is 9.89. The van der Waals surface area contributed by atoms with Crippen molar-refractivity contribution in [2.45, 2.75) is 21.3 Å². The molecule has 0 radical (unpaired) electrons. The predicted octanol–water partition coefficient (Wildman–Crippen LogP) is 6.91. The van der Waals surface area contributed by atoms with E-state index in [2.05, 4.69) is 86.6 Å². The van der Waals surface area contributed by atoms with Crippen LogP contribution < -0.4 is 0 Å². The van der Waals surface area contributed by atoms with E-state index in [1.165, 1.54) is 43.8 Å². The van der Waals surface area contributed by atoms with Gasteiger partial charge in [-0.3, -0.25) is 0 Å². The van der Waals surface area contributed by atoms with Gasteiger partial charge in [-0.25, -0.2) is 0 Å². The van der Waals surface area contributed by atoms with Crippen molar-refractivity contribution in [2.24, 2.45) is 0 Å². The van der Waals surface area contributed by atoms with E-state index in [1.54, 1.807) is 0 Å². The van der Waals surface area contributed by atoms with Crippen molar-refractivity contribution >= 4 is 21.5 Å². The summed E-state index contributed by atoms with van der Waals surface area (Å²) in [6.45, 7) is 4.36. The standard InChI is InChI=1S/C22H18.CH4/c1-15-11-13-17(14-12-15)22-20-9-5-3-7-18(20)16(2)19-8-4-6-10-21(19)22;/h3-14H,1-2H3;1H4. The van der Waals surface area contributed by atoms with Gasteiger partial charge >= 0.3 is 0 Å². The first-order valence-corrected chi connectivity index (χ1v) is 7.73. The van der Waals surface area contributed by atoms with E-state index in [0.717, 1.165) is 0 Å². The third-order valence-corrected chi connectivity index (χ3v) is 4.54. The van der Waals surface area contributed by atoms with Crippen LogP contribution in [-0.4, -0.2) is 0 Å². The average molecular weight is 298 g/mol. The molecule has 4 aromatic rings. The predicted molar refractivity (Wildman–Crippen MR) is 103 cm³/mol. The smallest absolute Gasteiger partial charge is 0.00266 e. The molecule has 0 heteroatoms. The molecule has 4 aromatic carbocycles. The summed E-state index contributed by atoms with van der Waals surface area (Å²) < 4.78 is 0. The Hall–Kier alpha value is -2.60. The van der Waals surface area contributed by atoms with Gasteiger partial charge in [0.1, 0.15) is 0 Å². The molecule has 0 atom stereocenters. The van der Waals surface area contributed by atoms with E-state index in [0.29, 0.717) is 0 Å². The summed E-state index contributed by atoms with van der Waals surface area (Å²) in [5.74, 6) is 0. The molecule has 0 amide bonds. The molecule has 0 aliphatic rings. The number of hydrogen-bond donors (Lipinski definition) is 0. The van der Waals surface area contributed by atoms with Crippen LogP contribution in [0, 0.1) is 13.8 Å². The van der Waals surface area contributed by atoms with Crippen LogP contribution in [0.2, 0.25) is 0 Å². The number of aryl methyl sites for hydroxylation is 2. The molecule has 0 aliphatic heterocycles. The van der Waals surface area contributed by atoms with Crippen molar-refractivity contribution in [3.05, 3.63) is 83.9 Å². The van der Waals surface area contributed by atoms with Crippen molar-refractivity contribution < 1.29 is 0 Å². The summed E-state index contributed by atoms with van der Waals surface area (Å²) in [5, 5.41) is 5.36. The van der Waals surface area contributed by atoms with Gasteiger partial charge in [-0.05, 0) is 52.1 Å². The molecule has 0 heterocycles. The number of benzene rings is 4. The topological polar surface area (TPSA) is 0 Å². The first kappa shape index (κ1) is 15.3. The molecular weight excluding hydrogens is 276 g/mol. The molecule has 114 valence electrons. The first-order valence-electron chi connectivity index (χ1n) is 7.73. The van der Waals surface area contributed by atoms with Gasteiger partial charge < -0.3 is 0 Å². The number of hydrogen-bond acceptors (Lipinski definition) is 0. The molecule has 0 N–H and O–H groups in total. The summed E-state index contributed by atoms with van der Waals surface area (Å²) in [7, 11) is 0. The zero-order chi connectivity index (χ0) is 15.1. The van der Waals surface area contributed by atoms with E-state index in [-0.39, 0.29) is 7.43 Å². The van der Waals surface area contributed by atoms with Gasteiger partial charge in [0, 0.05) is 0 Å². The maximum atomic E-state index is 2.24. The van der Waals surface area contributed by atoms with Crippen molar-refractivity contribution in [1.29, 1.82) is 0 Å². The molecule has 0 nitrogen and oxygen atoms in total. The fraction of sp³-hybridized carbons (Fsp3) is 0.130. The van der Waals surface area contributed by atoms with Gasteiger partial charge in [0.25, 0.3) is 0 Å². The van der Waals surface area contributed by atoms with Crippen LogP contribution in [0.3, 0.4) is 0 Å². The fourth-order valence-electron chi connectivity index (χ4n) is 3.38. The van der Waals surface area contributed by atoms with Crippen LogP contribution in [0.4, 0.5) is 0 Å². The minimum absolute atomic E-state index is 0. The Morgan fingerprint density at radius 2 is 0.957 bits per heavy atom. The maximum Gasteiger partial charge on any atom is -0.00266 e. The quantitative estimate of drug-likeness (QED) is 0.335.